The highest BCUT2D eigenvalue weighted by Crippen LogP contribution is 2.26. The molecule has 0 saturated carbocycles. The van der Waals surface area contributed by atoms with Gasteiger partial charge >= 0.3 is 0 Å². The Morgan fingerprint density at radius 1 is 1.38 bits per heavy atom. The molecule has 0 atom stereocenters. The zero-order valence-corrected chi connectivity index (χ0v) is 14.9. The number of phenolic OH excluding ortho intramolecular Hbond substituents is 1. The van der Waals surface area contributed by atoms with Gasteiger partial charge in [0, 0.05) is 25.8 Å². The molecule has 128 valence electrons. The fourth-order valence-electron chi connectivity index (χ4n) is 3.16. The number of benzene rings is 1. The SMILES string of the molecule is Cc1cc(O)cc(CN(C(=O)c2cn(C)cn2)C2CCSCC2)c1. The largest absolute Gasteiger partial charge is 0.508 e. The van der Waals surface area contributed by atoms with E-state index in [4.69, 9.17) is 0 Å². The van der Waals surface area contributed by atoms with E-state index in [1.165, 1.54) is 0 Å². The maximum atomic E-state index is 13.0. The van der Waals surface area contributed by atoms with Crippen molar-refractivity contribution in [1.82, 2.24) is 14.5 Å². The van der Waals surface area contributed by atoms with Gasteiger partial charge in [0.15, 0.2) is 0 Å². The normalized spacial score (nSPS) is 15.4. The molecule has 1 N–H and O–H groups in total. The van der Waals surface area contributed by atoms with E-state index >= 15 is 0 Å². The van der Waals surface area contributed by atoms with Crippen LogP contribution in [-0.2, 0) is 13.6 Å². The average Bonchev–Trinajstić information content (AvgIpc) is 2.98. The molecular formula is C18H23N3O2S. The second-order valence-electron chi connectivity index (χ2n) is 6.38. The molecule has 24 heavy (non-hydrogen) atoms. The Morgan fingerprint density at radius 3 is 2.75 bits per heavy atom. The quantitative estimate of drug-likeness (QED) is 0.925. The van der Waals surface area contributed by atoms with E-state index < -0.39 is 0 Å². The summed E-state index contributed by atoms with van der Waals surface area (Å²) in [5, 5.41) is 9.85. The Hall–Kier alpha value is -1.95. The molecule has 2 aromatic rings. The topological polar surface area (TPSA) is 58.4 Å². The van der Waals surface area contributed by atoms with Gasteiger partial charge in [-0.15, -0.1) is 0 Å². The maximum absolute atomic E-state index is 13.0. The van der Waals surface area contributed by atoms with E-state index in [1.807, 2.05) is 36.7 Å². The number of hydrogen-bond acceptors (Lipinski definition) is 4. The molecule has 1 aromatic carbocycles. The molecule has 0 spiro atoms. The molecule has 2 heterocycles. The van der Waals surface area contributed by atoms with Crippen LogP contribution in [-0.4, -0.2) is 43.0 Å². The molecular weight excluding hydrogens is 322 g/mol. The molecule has 5 nitrogen and oxygen atoms in total. The summed E-state index contributed by atoms with van der Waals surface area (Å²) in [4.78, 5) is 19.2. The summed E-state index contributed by atoms with van der Waals surface area (Å²) >= 11 is 1.94. The Balaban J connectivity index is 1.87. The fraction of sp³-hybridized carbons (Fsp3) is 0.444. The third-order valence-corrected chi connectivity index (χ3v) is 5.34. The number of imidazole rings is 1. The van der Waals surface area contributed by atoms with Crippen LogP contribution in [0, 0.1) is 6.92 Å². The summed E-state index contributed by atoms with van der Waals surface area (Å²) in [6.07, 6.45) is 5.42. The summed E-state index contributed by atoms with van der Waals surface area (Å²) in [7, 11) is 1.87. The van der Waals surface area contributed by atoms with E-state index in [2.05, 4.69) is 4.98 Å². The Labute approximate surface area is 146 Å². The number of aryl methyl sites for hydroxylation is 2. The lowest BCUT2D eigenvalue weighted by atomic mass is 10.1. The first-order chi connectivity index (χ1) is 11.5. The van der Waals surface area contributed by atoms with E-state index in [-0.39, 0.29) is 17.7 Å². The molecule has 1 aromatic heterocycles. The molecule has 1 amide bonds. The van der Waals surface area contributed by atoms with Crippen molar-refractivity contribution in [3.05, 3.63) is 47.5 Å². The molecule has 1 saturated heterocycles. The minimum absolute atomic E-state index is 0.0338. The number of nitrogens with zero attached hydrogens (tertiary/aromatic N) is 3. The Kier molecular flexibility index (Phi) is 5.14. The Morgan fingerprint density at radius 2 is 2.12 bits per heavy atom. The zero-order chi connectivity index (χ0) is 17.1. The van der Waals surface area contributed by atoms with Gasteiger partial charge in [-0.1, -0.05) is 6.07 Å². The Bertz CT molecular complexity index is 703. The first-order valence-electron chi connectivity index (χ1n) is 8.19. The van der Waals surface area contributed by atoms with E-state index in [0.717, 1.165) is 35.5 Å². The van der Waals surface area contributed by atoms with Crippen molar-refractivity contribution in [3.8, 4) is 5.75 Å². The molecule has 1 aliphatic heterocycles. The van der Waals surface area contributed by atoms with Gasteiger partial charge in [0.1, 0.15) is 11.4 Å². The van der Waals surface area contributed by atoms with Crippen molar-refractivity contribution < 1.29 is 9.90 Å². The van der Waals surface area contributed by atoms with Crippen molar-refractivity contribution in [2.45, 2.75) is 32.4 Å². The van der Waals surface area contributed by atoms with Crippen molar-refractivity contribution in [3.63, 3.8) is 0 Å². The van der Waals surface area contributed by atoms with E-state index in [9.17, 15) is 9.90 Å². The number of carbonyl (C=O) groups is 1. The highest BCUT2D eigenvalue weighted by molar-refractivity contribution is 7.99. The summed E-state index contributed by atoms with van der Waals surface area (Å²) in [6.45, 7) is 2.45. The monoisotopic (exact) mass is 345 g/mol. The van der Waals surface area contributed by atoms with Gasteiger partial charge in [-0.05, 0) is 54.5 Å². The van der Waals surface area contributed by atoms with Crippen LogP contribution in [0.3, 0.4) is 0 Å². The second kappa shape index (κ2) is 7.30. The molecule has 0 bridgehead atoms. The zero-order valence-electron chi connectivity index (χ0n) is 14.1. The van der Waals surface area contributed by atoms with Gasteiger partial charge < -0.3 is 14.6 Å². The lowest BCUT2D eigenvalue weighted by molar-refractivity contribution is 0.0643. The van der Waals surface area contributed by atoms with Crippen molar-refractivity contribution >= 4 is 17.7 Å². The number of phenols is 1. The third-order valence-electron chi connectivity index (χ3n) is 4.29. The summed E-state index contributed by atoms with van der Waals surface area (Å²) in [5.41, 5.74) is 2.43. The molecule has 0 radical (unpaired) electrons. The van der Waals surface area contributed by atoms with Crippen molar-refractivity contribution in [1.29, 1.82) is 0 Å². The van der Waals surface area contributed by atoms with Crippen LogP contribution < -0.4 is 0 Å². The lowest BCUT2D eigenvalue weighted by Gasteiger charge is -2.34. The number of amides is 1. The number of aromatic nitrogens is 2. The highest BCUT2D eigenvalue weighted by Gasteiger charge is 2.28. The van der Waals surface area contributed by atoms with Crippen LogP contribution in [0.25, 0.3) is 0 Å². The van der Waals surface area contributed by atoms with Gasteiger partial charge in [0.05, 0.1) is 6.33 Å². The summed E-state index contributed by atoms with van der Waals surface area (Å²) in [6, 6.07) is 5.72. The van der Waals surface area contributed by atoms with Crippen LogP contribution in [0.5, 0.6) is 5.75 Å². The predicted molar refractivity (Wildman–Crippen MR) is 96.3 cm³/mol. The first-order valence-corrected chi connectivity index (χ1v) is 9.34. The molecule has 1 aliphatic rings. The average molecular weight is 345 g/mol. The molecule has 3 rings (SSSR count). The minimum Gasteiger partial charge on any atom is -0.508 e. The summed E-state index contributed by atoms with van der Waals surface area (Å²) in [5.74, 6) is 2.37. The van der Waals surface area contributed by atoms with Gasteiger partial charge in [-0.3, -0.25) is 4.79 Å². The lowest BCUT2D eigenvalue weighted by Crippen LogP contribution is -2.42. The van der Waals surface area contributed by atoms with E-state index in [1.54, 1.807) is 29.2 Å². The van der Waals surface area contributed by atoms with Crippen molar-refractivity contribution in [2.75, 3.05) is 11.5 Å². The standard InChI is InChI=1S/C18H23N3O2S/c1-13-7-14(9-16(22)8-13)10-21(15-3-5-24-6-4-15)18(23)17-11-20(2)12-19-17/h7-9,11-12,15,22H,3-6,10H2,1-2H3. The highest BCUT2D eigenvalue weighted by atomic mass is 32.2. The van der Waals surface area contributed by atoms with Gasteiger partial charge in [0.25, 0.3) is 5.91 Å². The van der Waals surface area contributed by atoms with Crippen LogP contribution in [0.1, 0.15) is 34.5 Å². The maximum Gasteiger partial charge on any atom is 0.274 e. The number of carbonyl (C=O) groups excluding carboxylic acids is 1. The number of aromatic hydroxyl groups is 1. The van der Waals surface area contributed by atoms with Crippen molar-refractivity contribution in [2.24, 2.45) is 7.05 Å². The molecule has 0 aliphatic carbocycles. The number of rotatable bonds is 4. The van der Waals surface area contributed by atoms with Crippen LogP contribution in [0.2, 0.25) is 0 Å². The predicted octanol–water partition coefficient (Wildman–Crippen LogP) is 2.97. The van der Waals surface area contributed by atoms with E-state index in [0.29, 0.717) is 12.2 Å². The van der Waals surface area contributed by atoms with Crippen LogP contribution in [0.15, 0.2) is 30.7 Å². The smallest absolute Gasteiger partial charge is 0.274 e. The number of thioether (sulfide) groups is 1. The fourth-order valence-corrected chi connectivity index (χ4v) is 4.24. The second-order valence-corrected chi connectivity index (χ2v) is 7.60. The number of hydrogen-bond donors (Lipinski definition) is 1. The van der Waals surface area contributed by atoms with Gasteiger partial charge in [-0.2, -0.15) is 11.8 Å². The summed E-state index contributed by atoms with van der Waals surface area (Å²) < 4.78 is 1.79. The molecule has 1 fully saturated rings. The molecule has 0 unspecified atom stereocenters. The third kappa shape index (κ3) is 3.93. The van der Waals surface area contributed by atoms with Gasteiger partial charge in [0.2, 0.25) is 0 Å². The minimum atomic E-state index is -0.0338. The van der Waals surface area contributed by atoms with Crippen LogP contribution in [0.4, 0.5) is 0 Å². The van der Waals surface area contributed by atoms with Gasteiger partial charge in [-0.25, -0.2) is 4.98 Å². The first kappa shape index (κ1) is 16.9. The molecule has 6 heteroatoms. The van der Waals surface area contributed by atoms with Crippen LogP contribution >= 0.6 is 11.8 Å².